The number of carbonyl (C=O) groups is 1. The van der Waals surface area contributed by atoms with Crippen LogP contribution in [0.1, 0.15) is 37.2 Å². The van der Waals surface area contributed by atoms with Crippen molar-refractivity contribution in [1.29, 1.82) is 0 Å². The van der Waals surface area contributed by atoms with Crippen molar-refractivity contribution in [2.24, 2.45) is 0 Å². The van der Waals surface area contributed by atoms with E-state index in [0.29, 0.717) is 5.82 Å². The molecule has 1 atom stereocenters. The average molecular weight is 315 g/mol. The molecule has 0 saturated carbocycles. The second kappa shape index (κ2) is 7.21. The highest BCUT2D eigenvalue weighted by Gasteiger charge is 2.27. The number of carbonyl (C=O) groups excluding carboxylic acids is 1. The third kappa shape index (κ3) is 4.06. The average Bonchev–Trinajstić information content (AvgIpc) is 2.99. The van der Waals surface area contributed by atoms with Gasteiger partial charge >= 0.3 is 5.69 Å². The van der Waals surface area contributed by atoms with Crippen LogP contribution in [0.5, 0.6) is 0 Å². The number of nitrogens with one attached hydrogen (secondary N) is 2. The summed E-state index contributed by atoms with van der Waals surface area (Å²) in [5.41, 5.74) is 0.681. The van der Waals surface area contributed by atoms with E-state index in [0.717, 1.165) is 44.3 Å². The zero-order valence-corrected chi connectivity index (χ0v) is 13.0. The predicted octanol–water partition coefficient (Wildman–Crippen LogP) is 1.05. The maximum absolute atomic E-state index is 12.5. The first-order valence-electron chi connectivity index (χ1n) is 8.05. The number of hydrogen-bond acceptors (Lipinski definition) is 4. The van der Waals surface area contributed by atoms with Gasteiger partial charge in [0.25, 0.3) is 0 Å². The predicted molar refractivity (Wildman–Crippen MR) is 84.8 cm³/mol. The fraction of sp³-hybridized carbons (Fsp3) is 0.500. The quantitative estimate of drug-likeness (QED) is 0.862. The number of aromatic nitrogens is 4. The Labute approximate surface area is 134 Å². The highest BCUT2D eigenvalue weighted by molar-refractivity contribution is 5.78. The highest BCUT2D eigenvalue weighted by atomic mass is 16.2. The van der Waals surface area contributed by atoms with Crippen LogP contribution in [0.25, 0.3) is 0 Å². The summed E-state index contributed by atoms with van der Waals surface area (Å²) in [6.45, 7) is 0.778. The van der Waals surface area contributed by atoms with E-state index >= 15 is 0 Å². The number of piperidine rings is 1. The maximum Gasteiger partial charge on any atom is 0.340 e. The van der Waals surface area contributed by atoms with Crippen molar-refractivity contribution in [3.8, 4) is 0 Å². The van der Waals surface area contributed by atoms with Crippen molar-refractivity contribution in [2.45, 2.75) is 44.6 Å². The lowest BCUT2D eigenvalue weighted by atomic mass is 9.96. The van der Waals surface area contributed by atoms with Gasteiger partial charge in [0.2, 0.25) is 5.91 Å². The Morgan fingerprint density at radius 3 is 3.00 bits per heavy atom. The van der Waals surface area contributed by atoms with Crippen LogP contribution < -0.4 is 5.69 Å². The molecular formula is C16H21N5O2. The largest absolute Gasteiger partial charge is 0.340 e. The Hall–Kier alpha value is -2.44. The number of pyridine rings is 1. The molecule has 0 unspecified atom stereocenters. The number of hydrogen-bond donors (Lipinski definition) is 2. The van der Waals surface area contributed by atoms with E-state index in [2.05, 4.69) is 20.2 Å². The molecule has 0 aliphatic carbocycles. The molecule has 1 aliphatic rings. The zero-order chi connectivity index (χ0) is 16.1. The number of aromatic amines is 2. The van der Waals surface area contributed by atoms with Gasteiger partial charge in [-0.05, 0) is 44.2 Å². The summed E-state index contributed by atoms with van der Waals surface area (Å²) >= 11 is 0. The van der Waals surface area contributed by atoms with Gasteiger partial charge in [-0.25, -0.2) is 9.89 Å². The lowest BCUT2D eigenvalue weighted by Gasteiger charge is -2.35. The number of rotatable bonds is 5. The molecule has 3 rings (SSSR count). The van der Waals surface area contributed by atoms with Gasteiger partial charge in [-0.15, -0.1) is 0 Å². The molecule has 1 saturated heterocycles. The third-order valence-corrected chi connectivity index (χ3v) is 4.28. The molecule has 2 aromatic rings. The normalized spacial score (nSPS) is 18.1. The van der Waals surface area contributed by atoms with Crippen LogP contribution in [0.2, 0.25) is 0 Å². The minimum atomic E-state index is -0.377. The molecule has 23 heavy (non-hydrogen) atoms. The summed E-state index contributed by atoms with van der Waals surface area (Å²) in [7, 11) is 0. The molecule has 2 N–H and O–H groups in total. The highest BCUT2D eigenvalue weighted by Crippen LogP contribution is 2.21. The molecule has 1 fully saturated rings. The summed E-state index contributed by atoms with van der Waals surface area (Å²) in [6.07, 6.45) is 6.93. The van der Waals surface area contributed by atoms with Gasteiger partial charge in [-0.3, -0.25) is 14.8 Å². The first kappa shape index (κ1) is 15.5. The molecular weight excluding hydrogens is 294 g/mol. The van der Waals surface area contributed by atoms with E-state index in [4.69, 9.17) is 0 Å². The first-order chi connectivity index (χ1) is 11.2. The molecule has 1 amide bonds. The molecule has 2 aromatic heterocycles. The molecule has 0 bridgehead atoms. The molecule has 0 aromatic carbocycles. The number of H-pyrrole nitrogens is 2. The van der Waals surface area contributed by atoms with Gasteiger partial charge in [0.15, 0.2) is 0 Å². The monoisotopic (exact) mass is 315 g/mol. The molecule has 1 aliphatic heterocycles. The fourth-order valence-corrected chi connectivity index (χ4v) is 3.12. The SMILES string of the molecule is O=C(Cc1n[nH]c(=O)[nH]1)N1CCCC[C@H]1CCc1ccccn1. The Kier molecular flexibility index (Phi) is 4.85. The molecule has 7 nitrogen and oxygen atoms in total. The second-order valence-corrected chi connectivity index (χ2v) is 5.90. The summed E-state index contributed by atoms with van der Waals surface area (Å²) < 4.78 is 0. The smallest absolute Gasteiger partial charge is 0.339 e. The van der Waals surface area contributed by atoms with Crippen molar-refractivity contribution >= 4 is 5.91 Å². The van der Waals surface area contributed by atoms with Crippen LogP contribution in [0.4, 0.5) is 0 Å². The van der Waals surface area contributed by atoms with Gasteiger partial charge in [0.1, 0.15) is 5.82 Å². The Morgan fingerprint density at radius 1 is 1.35 bits per heavy atom. The summed E-state index contributed by atoms with van der Waals surface area (Å²) in [6, 6.07) is 6.15. The summed E-state index contributed by atoms with van der Waals surface area (Å²) in [4.78, 5) is 32.4. The van der Waals surface area contributed by atoms with Crippen molar-refractivity contribution in [2.75, 3.05) is 6.54 Å². The third-order valence-electron chi connectivity index (χ3n) is 4.28. The van der Waals surface area contributed by atoms with Crippen LogP contribution in [0.15, 0.2) is 29.2 Å². The Bertz CT molecular complexity index is 694. The maximum atomic E-state index is 12.5. The van der Waals surface area contributed by atoms with Crippen LogP contribution in [0.3, 0.4) is 0 Å². The minimum Gasteiger partial charge on any atom is -0.339 e. The first-order valence-corrected chi connectivity index (χ1v) is 8.05. The fourth-order valence-electron chi connectivity index (χ4n) is 3.12. The van der Waals surface area contributed by atoms with E-state index < -0.39 is 0 Å². The van der Waals surface area contributed by atoms with Gasteiger partial charge in [-0.1, -0.05) is 6.07 Å². The van der Waals surface area contributed by atoms with Crippen LogP contribution in [0, 0.1) is 0 Å². The van der Waals surface area contributed by atoms with Crippen LogP contribution in [-0.4, -0.2) is 43.6 Å². The Morgan fingerprint density at radius 2 is 2.26 bits per heavy atom. The van der Waals surface area contributed by atoms with Crippen molar-refractivity contribution in [3.05, 3.63) is 46.4 Å². The van der Waals surface area contributed by atoms with Crippen molar-refractivity contribution in [1.82, 2.24) is 25.1 Å². The number of amides is 1. The van der Waals surface area contributed by atoms with Gasteiger partial charge in [0.05, 0.1) is 6.42 Å². The lowest BCUT2D eigenvalue weighted by molar-refractivity contribution is -0.134. The summed E-state index contributed by atoms with van der Waals surface area (Å²) in [5.74, 6) is 0.424. The van der Waals surface area contributed by atoms with Crippen molar-refractivity contribution in [3.63, 3.8) is 0 Å². The van der Waals surface area contributed by atoms with E-state index in [1.807, 2.05) is 23.1 Å². The summed E-state index contributed by atoms with van der Waals surface area (Å²) in [5, 5.41) is 6.11. The van der Waals surface area contributed by atoms with E-state index in [9.17, 15) is 9.59 Å². The van der Waals surface area contributed by atoms with Crippen LogP contribution >= 0.6 is 0 Å². The zero-order valence-electron chi connectivity index (χ0n) is 13.0. The van der Waals surface area contributed by atoms with Crippen molar-refractivity contribution < 1.29 is 4.79 Å². The molecule has 122 valence electrons. The molecule has 0 radical (unpaired) electrons. The molecule has 0 spiro atoms. The van der Waals surface area contributed by atoms with Crippen LogP contribution in [-0.2, 0) is 17.6 Å². The lowest BCUT2D eigenvalue weighted by Crippen LogP contribution is -2.44. The van der Waals surface area contributed by atoms with E-state index in [-0.39, 0.29) is 24.1 Å². The number of likely N-dealkylation sites (tertiary alicyclic amines) is 1. The minimum absolute atomic E-state index is 0.0264. The van der Waals surface area contributed by atoms with Gasteiger partial charge < -0.3 is 4.90 Å². The number of aryl methyl sites for hydroxylation is 1. The van der Waals surface area contributed by atoms with E-state index in [1.54, 1.807) is 6.20 Å². The molecule has 7 heteroatoms. The molecule has 3 heterocycles. The topological polar surface area (TPSA) is 94.7 Å². The van der Waals surface area contributed by atoms with Gasteiger partial charge in [0, 0.05) is 24.5 Å². The standard InChI is InChI=1S/C16H21N5O2/c22-15(11-14-18-16(23)20-19-14)21-10-4-2-6-13(21)8-7-12-5-1-3-9-17-12/h1,3,5,9,13H,2,4,6-8,10-11H2,(H2,18,19,20,23)/t13-/m0/s1. The second-order valence-electron chi connectivity index (χ2n) is 5.90. The number of nitrogens with zero attached hydrogens (tertiary/aromatic N) is 3. The van der Waals surface area contributed by atoms with Gasteiger partial charge in [-0.2, -0.15) is 5.10 Å². The van der Waals surface area contributed by atoms with E-state index in [1.165, 1.54) is 0 Å². The Balaban J connectivity index is 1.61.